The number of carbonyl (C=O) groups is 1. The summed E-state index contributed by atoms with van der Waals surface area (Å²) in [6.07, 6.45) is -0.323. The molecule has 1 aromatic carbocycles. The van der Waals surface area contributed by atoms with Crippen LogP contribution in [-0.4, -0.2) is 30.4 Å². The van der Waals surface area contributed by atoms with Crippen molar-refractivity contribution >= 4 is 13.6 Å². The van der Waals surface area contributed by atoms with Crippen LogP contribution < -0.4 is 0 Å². The molecule has 1 aromatic rings. The first-order chi connectivity index (χ1) is 11.2. The number of carbonyl (C=O) groups excluding carboxylic acids is 1. The van der Waals surface area contributed by atoms with Crippen molar-refractivity contribution in [2.75, 3.05) is 13.2 Å². The van der Waals surface area contributed by atoms with Crippen LogP contribution in [0.25, 0.3) is 0 Å². The molecule has 24 heavy (non-hydrogen) atoms. The molecule has 0 radical (unpaired) electrons. The van der Waals surface area contributed by atoms with Gasteiger partial charge in [0.05, 0.1) is 19.3 Å². The second-order valence-electron chi connectivity index (χ2n) is 6.07. The van der Waals surface area contributed by atoms with Gasteiger partial charge in [-0.1, -0.05) is 37.3 Å². The Kier molecular flexibility index (Phi) is 7.65. The highest BCUT2D eigenvalue weighted by Gasteiger charge is 2.58. The fourth-order valence-corrected chi connectivity index (χ4v) is 4.76. The van der Waals surface area contributed by atoms with Gasteiger partial charge in [0.15, 0.2) is 5.16 Å². The Morgan fingerprint density at radius 2 is 1.58 bits per heavy atom. The van der Waals surface area contributed by atoms with Gasteiger partial charge in [0.1, 0.15) is 0 Å². The lowest BCUT2D eigenvalue weighted by molar-refractivity contribution is -0.151. The summed E-state index contributed by atoms with van der Waals surface area (Å²) in [4.78, 5) is 12.9. The molecule has 0 bridgehead atoms. The molecule has 5 nitrogen and oxygen atoms in total. The van der Waals surface area contributed by atoms with Crippen LogP contribution in [0.1, 0.15) is 53.0 Å². The summed E-state index contributed by atoms with van der Waals surface area (Å²) < 4.78 is 30.0. The van der Waals surface area contributed by atoms with Gasteiger partial charge >= 0.3 is 13.6 Å². The largest absolute Gasteiger partial charge is 0.462 e. The highest BCUT2D eigenvalue weighted by molar-refractivity contribution is 7.56. The Balaban J connectivity index is 3.44. The van der Waals surface area contributed by atoms with E-state index in [1.165, 1.54) is 0 Å². The third-order valence-corrected chi connectivity index (χ3v) is 6.97. The van der Waals surface area contributed by atoms with Crippen molar-refractivity contribution in [3.05, 3.63) is 35.9 Å². The first kappa shape index (κ1) is 20.9. The lowest BCUT2D eigenvalue weighted by Gasteiger charge is -2.38. The average molecular weight is 356 g/mol. The van der Waals surface area contributed by atoms with Gasteiger partial charge in [-0.2, -0.15) is 0 Å². The zero-order valence-electron chi connectivity index (χ0n) is 15.4. The second-order valence-corrected chi connectivity index (χ2v) is 8.51. The number of benzene rings is 1. The monoisotopic (exact) mass is 356 g/mol. The number of hydrogen-bond donors (Lipinski definition) is 0. The van der Waals surface area contributed by atoms with Gasteiger partial charge in [-0.15, -0.1) is 0 Å². The molecule has 0 aliphatic rings. The molecule has 0 amide bonds. The summed E-state index contributed by atoms with van der Waals surface area (Å²) in [5.74, 6) is -0.979. The predicted molar refractivity (Wildman–Crippen MR) is 95.3 cm³/mol. The lowest BCUT2D eigenvalue weighted by Crippen LogP contribution is -2.44. The van der Waals surface area contributed by atoms with E-state index in [4.69, 9.17) is 13.8 Å². The van der Waals surface area contributed by atoms with E-state index in [0.29, 0.717) is 0 Å². The highest BCUT2D eigenvalue weighted by Crippen LogP contribution is 2.65. The quantitative estimate of drug-likeness (QED) is 0.471. The SMILES string of the molecule is CCOP(=O)(OCC)[C@@](C)(C(=O)OC(C)C)[C@H](C)c1ccccc1. The Hall–Kier alpha value is -1.16. The first-order valence-corrected chi connectivity index (χ1v) is 9.92. The standard InChI is InChI=1S/C18H29O5P/c1-7-21-24(20,22-8-2)18(6,17(19)23-14(3)4)15(5)16-12-10-9-11-13-16/h9-15H,7-8H2,1-6H3/t15-,18-/m1/s1. The molecule has 0 saturated carbocycles. The van der Waals surface area contributed by atoms with E-state index in [1.807, 2.05) is 37.3 Å². The molecule has 0 N–H and O–H groups in total. The third-order valence-electron chi connectivity index (χ3n) is 4.07. The van der Waals surface area contributed by atoms with Gasteiger partial charge in [0, 0.05) is 5.92 Å². The molecular weight excluding hydrogens is 327 g/mol. The molecule has 0 unspecified atom stereocenters. The molecule has 0 spiro atoms. The van der Waals surface area contributed by atoms with Gasteiger partial charge < -0.3 is 13.8 Å². The van der Waals surface area contributed by atoms with Crippen LogP contribution in [0.4, 0.5) is 0 Å². The minimum atomic E-state index is -3.75. The summed E-state index contributed by atoms with van der Waals surface area (Å²) in [5.41, 5.74) is 0.875. The van der Waals surface area contributed by atoms with Crippen molar-refractivity contribution in [1.82, 2.24) is 0 Å². The average Bonchev–Trinajstić information content (AvgIpc) is 2.53. The summed E-state index contributed by atoms with van der Waals surface area (Å²) in [7, 11) is -3.75. The molecule has 0 aliphatic heterocycles. The summed E-state index contributed by atoms with van der Waals surface area (Å²) in [5, 5.41) is -1.44. The van der Waals surface area contributed by atoms with Crippen LogP contribution in [0.15, 0.2) is 30.3 Å². The number of ether oxygens (including phenoxy) is 1. The van der Waals surface area contributed by atoms with Gasteiger partial charge in [-0.25, -0.2) is 0 Å². The number of hydrogen-bond acceptors (Lipinski definition) is 5. The van der Waals surface area contributed by atoms with Gasteiger partial charge in [0.2, 0.25) is 0 Å². The molecule has 1 rings (SSSR count). The van der Waals surface area contributed by atoms with Crippen molar-refractivity contribution in [2.45, 2.75) is 58.7 Å². The molecule has 0 aliphatic carbocycles. The molecular formula is C18H29O5P. The zero-order chi connectivity index (χ0) is 18.4. The van der Waals surface area contributed by atoms with Crippen LogP contribution >= 0.6 is 7.60 Å². The maximum atomic E-state index is 13.5. The van der Waals surface area contributed by atoms with Crippen LogP contribution in [0.5, 0.6) is 0 Å². The van der Waals surface area contributed by atoms with E-state index in [2.05, 4.69) is 0 Å². The summed E-state index contributed by atoms with van der Waals surface area (Å²) in [6, 6.07) is 9.45. The lowest BCUT2D eigenvalue weighted by atomic mass is 9.88. The molecule has 0 fully saturated rings. The van der Waals surface area contributed by atoms with Crippen molar-refractivity contribution in [1.29, 1.82) is 0 Å². The second kappa shape index (κ2) is 8.80. The maximum absolute atomic E-state index is 13.5. The van der Waals surface area contributed by atoms with Crippen molar-refractivity contribution in [3.63, 3.8) is 0 Å². The molecule has 0 saturated heterocycles. The molecule has 136 valence electrons. The topological polar surface area (TPSA) is 61.8 Å². The van der Waals surface area contributed by atoms with Crippen molar-refractivity contribution in [2.24, 2.45) is 0 Å². The predicted octanol–water partition coefficient (Wildman–Crippen LogP) is 4.77. The van der Waals surface area contributed by atoms with E-state index >= 15 is 0 Å². The van der Waals surface area contributed by atoms with E-state index in [-0.39, 0.29) is 19.3 Å². The smallest absolute Gasteiger partial charge is 0.348 e. The van der Waals surface area contributed by atoms with Gasteiger partial charge in [-0.05, 0) is 40.2 Å². The van der Waals surface area contributed by atoms with Gasteiger partial charge in [0.25, 0.3) is 0 Å². The van der Waals surface area contributed by atoms with Crippen LogP contribution in [0.3, 0.4) is 0 Å². The Morgan fingerprint density at radius 1 is 1.08 bits per heavy atom. The normalized spacial score (nSPS) is 15.8. The molecule has 0 aromatic heterocycles. The fraction of sp³-hybridized carbons (Fsp3) is 0.611. The zero-order valence-corrected chi connectivity index (χ0v) is 16.3. The number of esters is 1. The minimum Gasteiger partial charge on any atom is -0.462 e. The van der Waals surface area contributed by atoms with Crippen LogP contribution in [0.2, 0.25) is 0 Å². The summed E-state index contributed by atoms with van der Waals surface area (Å²) >= 11 is 0. The Morgan fingerprint density at radius 3 is 2.00 bits per heavy atom. The summed E-state index contributed by atoms with van der Waals surface area (Å²) in [6.45, 7) is 10.8. The van der Waals surface area contributed by atoms with E-state index < -0.39 is 24.6 Å². The highest BCUT2D eigenvalue weighted by atomic mass is 31.2. The van der Waals surface area contributed by atoms with Crippen molar-refractivity contribution in [3.8, 4) is 0 Å². The number of rotatable bonds is 9. The van der Waals surface area contributed by atoms with Gasteiger partial charge in [-0.3, -0.25) is 9.36 Å². The third kappa shape index (κ3) is 4.27. The van der Waals surface area contributed by atoms with Crippen molar-refractivity contribution < 1.29 is 23.1 Å². The first-order valence-electron chi connectivity index (χ1n) is 8.38. The maximum Gasteiger partial charge on any atom is 0.348 e. The Labute approximate surface area is 145 Å². The van der Waals surface area contributed by atoms with E-state index in [1.54, 1.807) is 34.6 Å². The molecule has 6 heteroatoms. The molecule has 0 heterocycles. The Bertz CT molecular complexity index is 562. The van der Waals surface area contributed by atoms with E-state index in [0.717, 1.165) is 5.56 Å². The fourth-order valence-electron chi connectivity index (χ4n) is 2.57. The molecule has 2 atom stereocenters. The minimum absolute atomic E-state index is 0.184. The van der Waals surface area contributed by atoms with E-state index in [9.17, 15) is 9.36 Å². The van der Waals surface area contributed by atoms with Crippen LogP contribution in [-0.2, 0) is 23.1 Å². The van der Waals surface area contributed by atoms with Crippen LogP contribution in [0, 0.1) is 0 Å².